The summed E-state index contributed by atoms with van der Waals surface area (Å²) < 4.78 is 0.842. The smallest absolute Gasteiger partial charge is 0.265 e. The molecule has 0 saturated heterocycles. The van der Waals surface area contributed by atoms with E-state index in [0.717, 1.165) is 9.35 Å². The molecule has 0 spiro atoms. The van der Waals surface area contributed by atoms with E-state index in [4.69, 9.17) is 11.6 Å². The molecule has 0 aliphatic carbocycles. The zero-order valence-electron chi connectivity index (χ0n) is 8.88. The largest absolute Gasteiger partial charge is 0.335 e. The molecule has 0 fully saturated rings. The minimum Gasteiger partial charge on any atom is -0.335 e. The van der Waals surface area contributed by atoms with E-state index in [1.807, 2.05) is 25.3 Å². The molecule has 0 aliphatic heterocycles. The fraction of sp³-hybridized carbons (Fsp3) is 0.500. The second-order valence-electron chi connectivity index (χ2n) is 3.91. The fourth-order valence-corrected chi connectivity index (χ4v) is 2.66. The summed E-state index contributed by atoms with van der Waals surface area (Å²) in [6.07, 6.45) is 0. The van der Waals surface area contributed by atoms with E-state index in [2.05, 4.69) is 15.9 Å². The van der Waals surface area contributed by atoms with Gasteiger partial charge in [-0.05, 0) is 41.2 Å². The minimum absolute atomic E-state index is 0.00234. The van der Waals surface area contributed by atoms with Crippen LogP contribution in [0.25, 0.3) is 0 Å². The number of thiophene rings is 1. The molecule has 0 aromatic carbocycles. The quantitative estimate of drug-likeness (QED) is 0.781. The number of carbonyl (C=O) groups is 1. The molecule has 0 N–H and O–H groups in total. The van der Waals surface area contributed by atoms with Crippen molar-refractivity contribution < 1.29 is 4.79 Å². The van der Waals surface area contributed by atoms with E-state index < -0.39 is 0 Å². The van der Waals surface area contributed by atoms with Gasteiger partial charge in [0.25, 0.3) is 5.91 Å². The first-order valence-corrected chi connectivity index (χ1v) is 6.68. The van der Waals surface area contributed by atoms with Crippen LogP contribution >= 0.6 is 38.9 Å². The fourth-order valence-electron chi connectivity index (χ4n) is 0.963. The van der Waals surface area contributed by atoms with Gasteiger partial charge in [0.15, 0.2) is 0 Å². The van der Waals surface area contributed by atoms with Crippen LogP contribution in [0.1, 0.15) is 23.5 Å². The molecule has 15 heavy (non-hydrogen) atoms. The third-order valence-electron chi connectivity index (χ3n) is 2.35. The molecule has 0 unspecified atom stereocenters. The highest BCUT2D eigenvalue weighted by Gasteiger charge is 2.28. The van der Waals surface area contributed by atoms with Crippen LogP contribution in [0.5, 0.6) is 0 Å². The van der Waals surface area contributed by atoms with E-state index in [9.17, 15) is 4.79 Å². The standard InChI is InChI=1S/C10H13BrClNOS/c1-10(2,6-12)13(3)9(14)8-7(11)4-5-15-8/h4-5H,6H2,1-3H3. The highest BCUT2D eigenvalue weighted by molar-refractivity contribution is 9.10. The zero-order chi connectivity index (χ0) is 11.6. The zero-order valence-corrected chi connectivity index (χ0v) is 12.0. The number of rotatable bonds is 3. The van der Waals surface area contributed by atoms with Gasteiger partial charge in [0, 0.05) is 17.4 Å². The topological polar surface area (TPSA) is 20.3 Å². The van der Waals surface area contributed by atoms with Gasteiger partial charge in [-0.3, -0.25) is 4.79 Å². The summed E-state index contributed by atoms with van der Waals surface area (Å²) in [6, 6.07) is 1.87. The molecule has 1 aromatic heterocycles. The summed E-state index contributed by atoms with van der Waals surface area (Å²) in [5.74, 6) is 0.417. The number of nitrogens with zero attached hydrogens (tertiary/aromatic N) is 1. The van der Waals surface area contributed by atoms with Crippen molar-refractivity contribution in [3.63, 3.8) is 0 Å². The number of carbonyl (C=O) groups excluding carboxylic acids is 1. The van der Waals surface area contributed by atoms with E-state index in [1.54, 1.807) is 11.9 Å². The van der Waals surface area contributed by atoms with Gasteiger partial charge in [0.2, 0.25) is 0 Å². The maximum atomic E-state index is 12.1. The van der Waals surface area contributed by atoms with Crippen molar-refractivity contribution in [2.24, 2.45) is 0 Å². The molecule has 84 valence electrons. The van der Waals surface area contributed by atoms with Crippen molar-refractivity contribution in [2.45, 2.75) is 19.4 Å². The minimum atomic E-state index is -0.331. The van der Waals surface area contributed by atoms with Gasteiger partial charge in [-0.1, -0.05) is 0 Å². The first-order chi connectivity index (χ1) is 6.90. The van der Waals surface area contributed by atoms with Crippen molar-refractivity contribution in [2.75, 3.05) is 12.9 Å². The number of alkyl halides is 1. The third kappa shape index (κ3) is 2.74. The first kappa shape index (κ1) is 13.0. The monoisotopic (exact) mass is 309 g/mol. The molecule has 1 heterocycles. The highest BCUT2D eigenvalue weighted by atomic mass is 79.9. The summed E-state index contributed by atoms with van der Waals surface area (Å²) >= 11 is 10.6. The Morgan fingerprint density at radius 3 is 2.67 bits per heavy atom. The molecule has 0 saturated carbocycles. The maximum absolute atomic E-state index is 12.1. The number of amides is 1. The third-order valence-corrected chi connectivity index (χ3v) is 4.83. The maximum Gasteiger partial charge on any atom is 0.265 e. The van der Waals surface area contributed by atoms with E-state index in [0.29, 0.717) is 5.88 Å². The lowest BCUT2D eigenvalue weighted by Crippen LogP contribution is -2.46. The molecule has 0 atom stereocenters. The summed E-state index contributed by atoms with van der Waals surface area (Å²) in [7, 11) is 1.77. The Balaban J connectivity index is 2.92. The average Bonchev–Trinajstić information content (AvgIpc) is 2.62. The Bertz CT molecular complexity index is 364. The SMILES string of the molecule is CN(C(=O)c1sccc1Br)C(C)(C)CCl. The van der Waals surface area contributed by atoms with E-state index in [-0.39, 0.29) is 11.4 Å². The van der Waals surface area contributed by atoms with Crippen LogP contribution in [0.2, 0.25) is 0 Å². The first-order valence-electron chi connectivity index (χ1n) is 4.47. The molecular formula is C10H13BrClNOS. The van der Waals surface area contributed by atoms with Crippen LogP contribution in [0.15, 0.2) is 15.9 Å². The second-order valence-corrected chi connectivity index (χ2v) is 5.95. The van der Waals surface area contributed by atoms with Gasteiger partial charge in [0.05, 0.1) is 5.54 Å². The molecule has 0 aliphatic rings. The van der Waals surface area contributed by atoms with Gasteiger partial charge in [-0.2, -0.15) is 0 Å². The Hall–Kier alpha value is -0.0600. The Labute approximate surface area is 107 Å². The summed E-state index contributed by atoms with van der Waals surface area (Å²) in [4.78, 5) is 14.5. The van der Waals surface area contributed by atoms with Crippen LogP contribution in [-0.2, 0) is 0 Å². The lowest BCUT2D eigenvalue weighted by atomic mass is 10.1. The van der Waals surface area contributed by atoms with Gasteiger partial charge in [0.1, 0.15) is 4.88 Å². The van der Waals surface area contributed by atoms with Gasteiger partial charge in [-0.15, -0.1) is 22.9 Å². The molecule has 0 radical (unpaired) electrons. The van der Waals surface area contributed by atoms with Gasteiger partial charge in [-0.25, -0.2) is 0 Å². The number of hydrogen-bond acceptors (Lipinski definition) is 2. The van der Waals surface area contributed by atoms with Gasteiger partial charge >= 0.3 is 0 Å². The normalized spacial score (nSPS) is 11.5. The molecular weight excluding hydrogens is 298 g/mol. The van der Waals surface area contributed by atoms with Crippen molar-refractivity contribution in [3.05, 3.63) is 20.8 Å². The molecule has 0 bridgehead atoms. The Morgan fingerprint density at radius 1 is 1.67 bits per heavy atom. The van der Waals surface area contributed by atoms with Crippen LogP contribution in [0, 0.1) is 0 Å². The molecule has 1 rings (SSSR count). The Morgan fingerprint density at radius 2 is 2.27 bits per heavy atom. The second kappa shape index (κ2) is 4.85. The number of halogens is 2. The van der Waals surface area contributed by atoms with Crippen LogP contribution in [0.4, 0.5) is 0 Å². The van der Waals surface area contributed by atoms with E-state index in [1.165, 1.54) is 11.3 Å². The lowest BCUT2D eigenvalue weighted by Gasteiger charge is -2.33. The van der Waals surface area contributed by atoms with Crippen LogP contribution in [0.3, 0.4) is 0 Å². The summed E-state index contributed by atoms with van der Waals surface area (Å²) in [6.45, 7) is 3.89. The van der Waals surface area contributed by atoms with Crippen molar-refractivity contribution in [3.8, 4) is 0 Å². The van der Waals surface area contributed by atoms with Crippen molar-refractivity contribution in [1.82, 2.24) is 4.90 Å². The van der Waals surface area contributed by atoms with Crippen molar-refractivity contribution >= 4 is 44.8 Å². The van der Waals surface area contributed by atoms with Gasteiger partial charge < -0.3 is 4.90 Å². The molecule has 1 amide bonds. The Kier molecular flexibility index (Phi) is 4.20. The molecule has 1 aromatic rings. The van der Waals surface area contributed by atoms with Crippen LogP contribution < -0.4 is 0 Å². The highest BCUT2D eigenvalue weighted by Crippen LogP contribution is 2.26. The van der Waals surface area contributed by atoms with Crippen molar-refractivity contribution in [1.29, 1.82) is 0 Å². The molecule has 5 heteroatoms. The van der Waals surface area contributed by atoms with E-state index >= 15 is 0 Å². The predicted molar refractivity (Wildman–Crippen MR) is 68.9 cm³/mol. The summed E-state index contributed by atoms with van der Waals surface area (Å²) in [5, 5.41) is 1.89. The predicted octanol–water partition coefficient (Wildman–Crippen LogP) is 3.60. The average molecular weight is 311 g/mol. The number of hydrogen-bond donors (Lipinski definition) is 0. The lowest BCUT2D eigenvalue weighted by molar-refractivity contribution is 0.0664. The summed E-state index contributed by atoms with van der Waals surface area (Å²) in [5.41, 5.74) is -0.331. The molecule has 2 nitrogen and oxygen atoms in total. The van der Waals surface area contributed by atoms with Crippen LogP contribution in [-0.4, -0.2) is 29.3 Å².